The van der Waals surface area contributed by atoms with E-state index in [1.165, 1.54) is 4.90 Å². The van der Waals surface area contributed by atoms with Crippen molar-refractivity contribution >= 4 is 32.1 Å². The number of hydrogen-bond donors (Lipinski definition) is 0. The predicted octanol–water partition coefficient (Wildman–Crippen LogP) is 7.60. The summed E-state index contributed by atoms with van der Waals surface area (Å²) >= 11 is 0. The van der Waals surface area contributed by atoms with E-state index in [2.05, 4.69) is 12.1 Å². The molecule has 3 aliphatic carbocycles. The van der Waals surface area contributed by atoms with Gasteiger partial charge in [0.25, 0.3) is 10.1 Å². The average molecular weight is 855 g/mol. The van der Waals surface area contributed by atoms with E-state index in [4.69, 9.17) is 13.7 Å². The van der Waals surface area contributed by atoms with E-state index in [-0.39, 0.29) is 16.7 Å². The molecule has 3 aliphatic heterocycles. The number of carbonyl (C=O) groups is 2. The second kappa shape index (κ2) is 15.7. The summed E-state index contributed by atoms with van der Waals surface area (Å²) in [6.45, 7) is 3.37. The van der Waals surface area contributed by atoms with Gasteiger partial charge in [-0.05, 0) is 86.8 Å². The van der Waals surface area contributed by atoms with Gasteiger partial charge in [-0.15, -0.1) is 0 Å². The maximum atomic E-state index is 15.2. The van der Waals surface area contributed by atoms with Gasteiger partial charge in [0.1, 0.15) is 38.0 Å². The molecule has 6 unspecified atom stereocenters. The number of amides is 1. The number of fused-ring (bicyclic) bond motifs is 1. The van der Waals surface area contributed by atoms with E-state index < -0.39 is 108 Å². The smallest absolute Gasteiger partial charge is 0.318 e. The zero-order valence-electron chi connectivity index (χ0n) is 32.4. The summed E-state index contributed by atoms with van der Waals surface area (Å²) in [5.41, 5.74) is 2.60. The zero-order chi connectivity index (χ0) is 41.4. The summed E-state index contributed by atoms with van der Waals surface area (Å²) < 4.78 is 141. The van der Waals surface area contributed by atoms with Crippen LogP contribution in [-0.2, 0) is 38.7 Å². The topological polar surface area (TPSA) is 156 Å². The van der Waals surface area contributed by atoms with Crippen molar-refractivity contribution in [2.75, 3.05) is 0 Å². The lowest BCUT2D eigenvalue weighted by molar-refractivity contribution is -0.146. The van der Waals surface area contributed by atoms with Crippen LogP contribution in [0, 0.1) is 35.1 Å². The molecule has 318 valence electrons. The first kappa shape index (κ1) is 41.6. The van der Waals surface area contributed by atoms with E-state index in [9.17, 15) is 31.3 Å². The normalized spacial score (nSPS) is 28.6. The van der Waals surface area contributed by atoms with Crippen LogP contribution < -0.4 is 4.74 Å². The maximum Gasteiger partial charge on any atom is 0.318 e. The number of likely N-dealkylation sites (tertiary alicyclic amines) is 1. The molecule has 17 heteroatoms. The van der Waals surface area contributed by atoms with Gasteiger partial charge >= 0.3 is 5.97 Å². The van der Waals surface area contributed by atoms with E-state index in [0.29, 0.717) is 5.92 Å². The first-order chi connectivity index (χ1) is 27.5. The van der Waals surface area contributed by atoms with Crippen LogP contribution >= 0.6 is 0 Å². The number of nitrogens with zero attached hydrogens (tertiary/aromatic N) is 1. The fraction of sp³-hybridized carbons (Fsp3) is 0.659. The second-order valence-corrected chi connectivity index (χ2v) is 20.1. The fourth-order valence-corrected chi connectivity index (χ4v) is 13.3. The van der Waals surface area contributed by atoms with Crippen LogP contribution in [0.4, 0.5) is 17.6 Å². The highest BCUT2D eigenvalue weighted by molar-refractivity contribution is 7.87. The minimum absolute atomic E-state index is 0.0369. The van der Waals surface area contributed by atoms with Gasteiger partial charge in [-0.25, -0.2) is 17.2 Å². The number of ether oxygens (including phenoxy) is 2. The Hall–Kier alpha value is -3.12. The van der Waals surface area contributed by atoms with E-state index in [1.54, 1.807) is 13.8 Å². The summed E-state index contributed by atoms with van der Waals surface area (Å²) in [6, 6.07) is 2.63. The molecule has 58 heavy (non-hydrogen) atoms. The monoisotopic (exact) mass is 854 g/mol. The van der Waals surface area contributed by atoms with E-state index >= 15 is 17.2 Å². The Morgan fingerprint density at radius 2 is 1.22 bits per heavy atom. The molecule has 3 heterocycles. The van der Waals surface area contributed by atoms with Gasteiger partial charge in [-0.3, -0.25) is 13.8 Å². The highest BCUT2D eigenvalue weighted by atomic mass is 32.2. The van der Waals surface area contributed by atoms with Gasteiger partial charge in [0.05, 0.1) is 18.1 Å². The van der Waals surface area contributed by atoms with Crippen LogP contribution in [0.1, 0.15) is 145 Å². The molecule has 8 rings (SSSR count). The number of halogens is 4. The van der Waals surface area contributed by atoms with Gasteiger partial charge in [0, 0.05) is 6.04 Å². The van der Waals surface area contributed by atoms with Crippen molar-refractivity contribution in [1.82, 2.24) is 4.90 Å². The van der Waals surface area contributed by atoms with Crippen molar-refractivity contribution in [3.05, 3.63) is 52.1 Å². The van der Waals surface area contributed by atoms with E-state index in [1.807, 2.05) is 0 Å². The molecule has 0 spiro atoms. The Morgan fingerprint density at radius 3 is 1.69 bits per heavy atom. The quantitative estimate of drug-likeness (QED) is 0.0583. The molecule has 0 radical (unpaired) electrons. The summed E-state index contributed by atoms with van der Waals surface area (Å²) in [7, 11) is -10.7. The molecule has 2 aromatic carbocycles. The largest absolute Gasteiger partial charge is 0.744 e. The third kappa shape index (κ3) is 7.07. The number of rotatable bonds is 10. The van der Waals surface area contributed by atoms with Crippen LogP contribution in [0.15, 0.2) is 21.9 Å². The van der Waals surface area contributed by atoms with Crippen LogP contribution in [-0.4, -0.2) is 68.6 Å². The Morgan fingerprint density at radius 1 is 0.741 bits per heavy atom. The molecular formula is C41H48F4NO10S2-. The Labute approximate surface area is 336 Å². The molecule has 0 N–H and O–H groups in total. The van der Waals surface area contributed by atoms with E-state index in [0.717, 1.165) is 113 Å². The molecule has 0 aromatic heterocycles. The molecule has 1 amide bonds. The Kier molecular flexibility index (Phi) is 11.3. The lowest BCUT2D eigenvalue weighted by atomic mass is 9.76. The molecule has 11 nitrogen and oxygen atoms in total. The first-order valence-corrected chi connectivity index (χ1v) is 23.4. The van der Waals surface area contributed by atoms with Crippen molar-refractivity contribution in [2.45, 2.75) is 168 Å². The van der Waals surface area contributed by atoms with Gasteiger partial charge in [0.2, 0.25) is 23.3 Å². The Bertz CT molecular complexity index is 2130. The lowest BCUT2D eigenvalue weighted by Crippen LogP contribution is -2.52. The van der Waals surface area contributed by atoms with Crippen LogP contribution in [0.25, 0.3) is 0 Å². The van der Waals surface area contributed by atoms with Crippen LogP contribution in [0.5, 0.6) is 5.75 Å². The van der Waals surface area contributed by atoms with Crippen LogP contribution in [0.3, 0.4) is 0 Å². The average Bonchev–Trinajstić information content (AvgIpc) is 3.82. The molecular weight excluding hydrogens is 807 g/mol. The molecule has 3 saturated carbocycles. The third-order valence-corrected chi connectivity index (χ3v) is 15.9. The maximum absolute atomic E-state index is 15.2. The Balaban J connectivity index is 1.20. The molecule has 3 saturated heterocycles. The number of esters is 1. The highest BCUT2D eigenvalue weighted by Gasteiger charge is 2.73. The standard InChI is InChI=1S/C41H49F4NO10S2/c1-20(2)46-33-34-27(40(46)47)28(41(48)55-36-29(42)31(44)39(57(49,50)51)32(45)30(36)43)35(54-34)37(33)56-58(52,53)38-25(22-14-8-4-9-15-22)18-24(21-12-6-3-7-13-21)19-26(38)23-16-10-5-11-17-23/h18-23,27-28,33-35,37H,3-17H2,1-2H3,(H,49,50,51)/p-1. The summed E-state index contributed by atoms with van der Waals surface area (Å²) in [6.07, 6.45) is 10.4. The highest BCUT2D eigenvalue weighted by Crippen LogP contribution is 2.55. The van der Waals surface area contributed by atoms with Gasteiger partial charge in [-0.2, -0.15) is 17.2 Å². The first-order valence-electron chi connectivity index (χ1n) is 20.6. The van der Waals surface area contributed by atoms with Gasteiger partial charge in [-0.1, -0.05) is 69.9 Å². The van der Waals surface area contributed by atoms with Gasteiger partial charge in [0.15, 0.2) is 11.6 Å². The minimum Gasteiger partial charge on any atom is -0.744 e. The molecule has 6 aliphatic rings. The zero-order valence-corrected chi connectivity index (χ0v) is 34.0. The molecule has 6 atom stereocenters. The van der Waals surface area contributed by atoms with Crippen LogP contribution in [0.2, 0.25) is 0 Å². The number of carbonyl (C=O) groups excluding carboxylic acids is 2. The number of hydrogen-bond acceptors (Lipinski definition) is 10. The fourth-order valence-electron chi connectivity index (χ4n) is 11.0. The SMILES string of the molecule is CC(C)N1C(=O)C2C3OC(C(OS(=O)(=O)c4c(C5CCCCC5)cc(C5CCCCC5)cc4C4CCCCC4)C31)C2C(=O)Oc1c(F)c(F)c(S(=O)(=O)[O-])c(F)c1F. The van der Waals surface area contributed by atoms with Crippen molar-refractivity contribution in [3.8, 4) is 5.75 Å². The summed E-state index contributed by atoms with van der Waals surface area (Å²) in [5.74, 6) is -17.2. The lowest BCUT2D eigenvalue weighted by Gasteiger charge is -2.35. The summed E-state index contributed by atoms with van der Waals surface area (Å²) in [4.78, 5) is 26.9. The van der Waals surface area contributed by atoms with Crippen molar-refractivity contribution in [2.24, 2.45) is 11.8 Å². The minimum atomic E-state index is -6.05. The molecule has 2 aromatic rings. The molecule has 2 bridgehead atoms. The van der Waals surface area contributed by atoms with Gasteiger partial charge < -0.3 is 18.9 Å². The molecule has 6 fully saturated rings. The predicted molar refractivity (Wildman–Crippen MR) is 197 cm³/mol. The van der Waals surface area contributed by atoms with Crippen molar-refractivity contribution in [1.29, 1.82) is 0 Å². The van der Waals surface area contributed by atoms with Crippen molar-refractivity contribution in [3.63, 3.8) is 0 Å². The summed E-state index contributed by atoms with van der Waals surface area (Å²) in [5, 5.41) is 0. The third-order valence-electron chi connectivity index (χ3n) is 13.6. The number of benzene rings is 2. The second-order valence-electron chi connectivity index (χ2n) is 17.3. The van der Waals surface area contributed by atoms with Crippen molar-refractivity contribution < 1.29 is 62.2 Å².